The lowest BCUT2D eigenvalue weighted by molar-refractivity contribution is 0.00578. The van der Waals surface area contributed by atoms with E-state index in [0.29, 0.717) is 11.3 Å². The van der Waals surface area contributed by atoms with Crippen molar-refractivity contribution < 1.29 is 18.8 Å². The van der Waals surface area contributed by atoms with E-state index in [-0.39, 0.29) is 5.97 Å². The van der Waals surface area contributed by atoms with Crippen molar-refractivity contribution in [1.82, 2.24) is 0 Å². The van der Waals surface area contributed by atoms with Gasteiger partial charge in [-0.05, 0) is 44.8 Å². The maximum atomic E-state index is 11.9. The Balaban J connectivity index is 2.36. The van der Waals surface area contributed by atoms with Crippen molar-refractivity contribution in [2.75, 3.05) is 12.9 Å². The highest BCUT2D eigenvalue weighted by molar-refractivity contribution is 7.80. The number of benzene rings is 1. The molecule has 0 N–H and O–H groups in total. The molecule has 23 heavy (non-hydrogen) atoms. The maximum Gasteiger partial charge on any atom is 0.491 e. The first-order chi connectivity index (χ1) is 10.7. The molecule has 0 aliphatic carbocycles. The predicted octanol–water partition coefficient (Wildman–Crippen LogP) is 3.42. The van der Waals surface area contributed by atoms with Gasteiger partial charge in [-0.2, -0.15) is 12.6 Å². The zero-order valence-corrected chi connectivity index (χ0v) is 15.1. The summed E-state index contributed by atoms with van der Waals surface area (Å²) in [5, 5.41) is 0. The second-order valence-corrected chi connectivity index (χ2v) is 6.86. The van der Waals surface area contributed by atoms with Crippen LogP contribution in [0.2, 0.25) is 0 Å². The molecule has 0 radical (unpaired) electrons. The highest BCUT2D eigenvalue weighted by Crippen LogP contribution is 2.39. The van der Waals surface area contributed by atoms with E-state index in [2.05, 4.69) is 12.6 Å². The van der Waals surface area contributed by atoms with Gasteiger partial charge in [0.15, 0.2) is 0 Å². The number of hydrogen-bond acceptors (Lipinski definition) is 5. The summed E-state index contributed by atoms with van der Waals surface area (Å²) in [6.45, 7) is 8.02. The predicted molar refractivity (Wildman–Crippen MR) is 95.7 cm³/mol. The Bertz CT molecular complexity index is 609. The normalized spacial score (nSPS) is 19.7. The van der Waals surface area contributed by atoms with Crippen LogP contribution in [-0.4, -0.2) is 37.2 Å². The van der Waals surface area contributed by atoms with Crippen molar-refractivity contribution in [3.8, 4) is 0 Å². The van der Waals surface area contributed by atoms with Crippen LogP contribution in [-0.2, 0) is 14.0 Å². The largest absolute Gasteiger partial charge is 0.491 e. The van der Waals surface area contributed by atoms with Crippen molar-refractivity contribution in [1.29, 1.82) is 0 Å². The lowest BCUT2D eigenvalue weighted by atomic mass is 9.78. The molecule has 1 aliphatic rings. The van der Waals surface area contributed by atoms with E-state index in [1.54, 1.807) is 12.1 Å². The average Bonchev–Trinajstić information content (AvgIpc) is 2.72. The smallest absolute Gasteiger partial charge is 0.465 e. The summed E-state index contributed by atoms with van der Waals surface area (Å²) >= 11 is 4.40. The molecule has 1 heterocycles. The number of hydrogen-bond donors (Lipinski definition) is 1. The van der Waals surface area contributed by atoms with Gasteiger partial charge in [-0.25, -0.2) is 4.79 Å². The van der Waals surface area contributed by atoms with Crippen LogP contribution in [0.15, 0.2) is 29.7 Å². The second-order valence-electron chi connectivity index (χ2n) is 6.54. The van der Waals surface area contributed by atoms with Gasteiger partial charge in [-0.3, -0.25) is 0 Å². The molecule has 0 amide bonds. The van der Waals surface area contributed by atoms with Crippen molar-refractivity contribution >= 4 is 31.8 Å². The number of thiol groups is 1. The second kappa shape index (κ2) is 6.71. The molecule has 0 saturated carbocycles. The molecule has 6 heteroatoms. The highest BCUT2D eigenvalue weighted by Gasteiger charge is 2.52. The number of esters is 1. The molecule has 0 unspecified atom stereocenters. The van der Waals surface area contributed by atoms with Crippen molar-refractivity contribution in [2.45, 2.75) is 38.9 Å². The molecule has 124 valence electrons. The van der Waals surface area contributed by atoms with E-state index in [0.717, 1.165) is 11.0 Å². The third-order valence-corrected chi connectivity index (χ3v) is 4.81. The van der Waals surface area contributed by atoms with Crippen molar-refractivity contribution in [3.05, 3.63) is 40.9 Å². The summed E-state index contributed by atoms with van der Waals surface area (Å²) in [6.07, 6.45) is 1.89. The monoisotopic (exact) mass is 334 g/mol. The number of methoxy groups -OCH3 is 1. The minimum absolute atomic E-state index is 0.371. The third-order valence-electron chi connectivity index (χ3n) is 4.45. The van der Waals surface area contributed by atoms with Gasteiger partial charge in [0, 0.05) is 5.75 Å². The van der Waals surface area contributed by atoms with Crippen LogP contribution in [0.3, 0.4) is 0 Å². The van der Waals surface area contributed by atoms with Gasteiger partial charge in [0.05, 0.1) is 23.9 Å². The van der Waals surface area contributed by atoms with Gasteiger partial charge in [-0.1, -0.05) is 24.3 Å². The van der Waals surface area contributed by atoms with E-state index in [4.69, 9.17) is 14.0 Å². The van der Waals surface area contributed by atoms with Gasteiger partial charge < -0.3 is 14.0 Å². The molecule has 1 aliphatic heterocycles. The molecule has 0 bridgehead atoms. The Labute approximate surface area is 143 Å². The molecule has 1 saturated heterocycles. The number of ether oxygens (including phenoxy) is 1. The Hall–Kier alpha value is -1.24. The summed E-state index contributed by atoms with van der Waals surface area (Å²) in [7, 11) is 0.888. The topological polar surface area (TPSA) is 44.8 Å². The van der Waals surface area contributed by atoms with E-state index < -0.39 is 18.3 Å². The first-order valence-corrected chi connectivity index (χ1v) is 8.19. The summed E-state index contributed by atoms with van der Waals surface area (Å²) in [5.41, 5.74) is 1.30. The zero-order valence-electron chi connectivity index (χ0n) is 14.3. The van der Waals surface area contributed by atoms with Crippen LogP contribution < -0.4 is 0 Å². The average molecular weight is 334 g/mol. The number of carbonyl (C=O) groups is 1. The van der Waals surface area contributed by atoms with Crippen LogP contribution >= 0.6 is 12.6 Å². The van der Waals surface area contributed by atoms with Gasteiger partial charge in [0.25, 0.3) is 0 Å². The lowest BCUT2D eigenvalue weighted by Gasteiger charge is -2.32. The Kier molecular flexibility index (Phi) is 5.28. The highest BCUT2D eigenvalue weighted by atomic mass is 32.1. The summed E-state index contributed by atoms with van der Waals surface area (Å²) in [6, 6.07) is 7.27. The quantitative estimate of drug-likeness (QED) is 0.521. The van der Waals surface area contributed by atoms with Crippen LogP contribution in [0.5, 0.6) is 0 Å². The lowest BCUT2D eigenvalue weighted by Crippen LogP contribution is -2.41. The minimum atomic E-state index is -0.483. The Morgan fingerprint density at radius 3 is 2.30 bits per heavy atom. The maximum absolute atomic E-state index is 11.9. The molecule has 2 rings (SSSR count). The molecule has 1 aromatic rings. The first kappa shape index (κ1) is 18.1. The summed E-state index contributed by atoms with van der Waals surface area (Å²) in [5.74, 6) is 0.0936. The van der Waals surface area contributed by atoms with E-state index in [9.17, 15) is 4.79 Å². The number of carbonyl (C=O) groups excluding carboxylic acids is 1. The summed E-state index contributed by atoms with van der Waals surface area (Å²) in [4.78, 5) is 11.9. The summed E-state index contributed by atoms with van der Waals surface area (Å²) < 4.78 is 17.0. The Morgan fingerprint density at radius 1 is 1.22 bits per heavy atom. The third kappa shape index (κ3) is 3.65. The fraction of sp³-hybridized carbons (Fsp3) is 0.471. The molecule has 0 spiro atoms. The molecule has 4 nitrogen and oxygen atoms in total. The number of rotatable bonds is 4. The Morgan fingerprint density at radius 2 is 1.78 bits per heavy atom. The van der Waals surface area contributed by atoms with Gasteiger partial charge in [0.1, 0.15) is 0 Å². The van der Waals surface area contributed by atoms with Crippen molar-refractivity contribution in [3.63, 3.8) is 0 Å². The molecule has 1 fully saturated rings. The van der Waals surface area contributed by atoms with Gasteiger partial charge >= 0.3 is 13.1 Å². The minimum Gasteiger partial charge on any atom is -0.465 e. The van der Waals surface area contributed by atoms with Crippen LogP contribution in [0.25, 0.3) is 6.08 Å². The molecule has 0 atom stereocenters. The first-order valence-electron chi connectivity index (χ1n) is 7.56. The standard InChI is InChI=1S/C17H23BO4S/c1-16(2)17(3,4)22-18(21-16)13(11-23)10-12-8-6-7-9-14(12)15(19)20-5/h6-10,23H,11H2,1-5H3. The molecule has 1 aromatic carbocycles. The van der Waals surface area contributed by atoms with Crippen LogP contribution in [0, 0.1) is 0 Å². The SMILES string of the molecule is COC(=O)c1ccccc1C=C(CS)B1OC(C)(C)C(C)(C)O1. The van der Waals surface area contributed by atoms with Crippen LogP contribution in [0.4, 0.5) is 0 Å². The van der Waals surface area contributed by atoms with Gasteiger partial charge in [-0.15, -0.1) is 0 Å². The molecule has 0 aromatic heterocycles. The van der Waals surface area contributed by atoms with E-state index >= 15 is 0 Å². The van der Waals surface area contributed by atoms with E-state index in [1.165, 1.54) is 7.11 Å². The van der Waals surface area contributed by atoms with E-state index in [1.807, 2.05) is 45.9 Å². The fourth-order valence-electron chi connectivity index (χ4n) is 2.30. The molecular formula is C17H23BO4S. The van der Waals surface area contributed by atoms with Gasteiger partial charge in [0.2, 0.25) is 0 Å². The zero-order chi connectivity index (χ0) is 17.3. The van der Waals surface area contributed by atoms with Crippen LogP contribution in [0.1, 0.15) is 43.6 Å². The molecular weight excluding hydrogens is 311 g/mol. The van der Waals surface area contributed by atoms with Crippen molar-refractivity contribution in [2.24, 2.45) is 0 Å². The fourth-order valence-corrected chi connectivity index (χ4v) is 2.54.